The largest absolute Gasteiger partial charge is 0.493 e. The van der Waals surface area contributed by atoms with Gasteiger partial charge in [-0.05, 0) is 35.7 Å². The molecule has 0 saturated heterocycles. The summed E-state index contributed by atoms with van der Waals surface area (Å²) in [4.78, 5) is 0. The number of furan rings is 1. The first-order valence-corrected chi connectivity index (χ1v) is 10.1. The van der Waals surface area contributed by atoms with Crippen molar-refractivity contribution in [3.05, 3.63) is 84.1 Å². The van der Waals surface area contributed by atoms with E-state index < -0.39 is 6.37 Å². The number of hydrogen-bond donors (Lipinski definition) is 0. The van der Waals surface area contributed by atoms with Gasteiger partial charge in [-0.1, -0.05) is 42.5 Å². The molecule has 2 aromatic heterocycles. The molecule has 0 spiro atoms. The Bertz CT molecular complexity index is 1530. The minimum atomic E-state index is -1.45. The Balaban J connectivity index is 1.62. The number of nitrogens with zero attached hydrogens (tertiary/aromatic N) is 1. The highest BCUT2D eigenvalue weighted by Crippen LogP contribution is 2.41. The number of benzene rings is 3. The van der Waals surface area contributed by atoms with Gasteiger partial charge in [0.1, 0.15) is 24.0 Å². The fourth-order valence-electron chi connectivity index (χ4n) is 4.44. The van der Waals surface area contributed by atoms with Gasteiger partial charge in [0.25, 0.3) is 0 Å². The van der Waals surface area contributed by atoms with Crippen LogP contribution in [0.3, 0.4) is 0 Å². The molecule has 1 aliphatic rings. The molecule has 0 atom stereocenters. The summed E-state index contributed by atoms with van der Waals surface area (Å²) in [5.74, 6) is 0.605. The Morgan fingerprint density at radius 3 is 2.73 bits per heavy atom. The summed E-state index contributed by atoms with van der Waals surface area (Å²) >= 11 is 0. The van der Waals surface area contributed by atoms with Crippen LogP contribution in [0.2, 0.25) is 0 Å². The Hall–Kier alpha value is -3.59. The number of hydrogen-bond acceptors (Lipinski definition) is 2. The summed E-state index contributed by atoms with van der Waals surface area (Å²) in [6, 6.07) is 22.4. The molecule has 0 N–H and O–H groups in total. The SMILES string of the molecule is [2H]C1([2H])COc2cc(-c3cccc4c3oc3c(-c5cccc[n+]5C)c(C)ccc34)ccc21. The van der Waals surface area contributed by atoms with Gasteiger partial charge in [0.05, 0.1) is 12.2 Å². The van der Waals surface area contributed by atoms with E-state index in [1.807, 2.05) is 55.7 Å². The van der Waals surface area contributed by atoms with Gasteiger partial charge in [-0.2, -0.15) is 0 Å². The maximum absolute atomic E-state index is 8.11. The summed E-state index contributed by atoms with van der Waals surface area (Å²) in [5.41, 5.74) is 7.59. The van der Waals surface area contributed by atoms with Crippen LogP contribution >= 0.6 is 0 Å². The number of para-hydroxylation sites is 1. The lowest BCUT2D eigenvalue weighted by atomic mass is 9.98. The van der Waals surface area contributed by atoms with Gasteiger partial charge < -0.3 is 9.15 Å². The molecule has 5 aromatic rings. The molecular weight excluding hydrogens is 370 g/mol. The van der Waals surface area contributed by atoms with Gasteiger partial charge in [-0.3, -0.25) is 0 Å². The van der Waals surface area contributed by atoms with Gasteiger partial charge in [-0.25, -0.2) is 4.57 Å². The third kappa shape index (κ3) is 2.48. The smallest absolute Gasteiger partial charge is 0.216 e. The Kier molecular flexibility index (Phi) is 3.29. The van der Waals surface area contributed by atoms with Crippen molar-refractivity contribution in [1.29, 1.82) is 0 Å². The van der Waals surface area contributed by atoms with Crippen LogP contribution in [0, 0.1) is 6.92 Å². The van der Waals surface area contributed by atoms with E-state index in [2.05, 4.69) is 35.8 Å². The second-order valence-electron chi connectivity index (χ2n) is 7.79. The van der Waals surface area contributed by atoms with Crippen LogP contribution in [-0.4, -0.2) is 6.61 Å². The van der Waals surface area contributed by atoms with Crippen molar-refractivity contribution in [3.63, 3.8) is 0 Å². The predicted octanol–water partition coefficient (Wildman–Crippen LogP) is 5.99. The standard InChI is InChI=1S/C27H22NO2/c1-17-9-12-22-21-7-5-6-20(19-11-10-18-13-15-29-24(18)16-19)26(21)30-27(22)25(17)23-8-3-4-14-28(23)2/h3-12,14,16H,13,15H2,1-2H3/q+1/i13D2. The Labute approximate surface area is 178 Å². The molecule has 0 radical (unpaired) electrons. The Morgan fingerprint density at radius 1 is 0.933 bits per heavy atom. The molecule has 1 aliphatic heterocycles. The molecule has 3 heteroatoms. The van der Waals surface area contributed by atoms with E-state index in [1.54, 1.807) is 0 Å². The zero-order valence-electron chi connectivity index (χ0n) is 18.9. The number of rotatable bonds is 2. The minimum absolute atomic E-state index is 0.0529. The van der Waals surface area contributed by atoms with E-state index >= 15 is 0 Å². The summed E-state index contributed by atoms with van der Waals surface area (Å²) in [6.07, 6.45) is 0.599. The average Bonchev–Trinajstić information content (AvgIpc) is 3.31. The molecule has 146 valence electrons. The fourth-order valence-corrected chi connectivity index (χ4v) is 4.44. The first kappa shape index (κ1) is 15.3. The van der Waals surface area contributed by atoms with E-state index in [0.717, 1.165) is 49.9 Å². The van der Waals surface area contributed by atoms with Crippen molar-refractivity contribution in [3.8, 4) is 28.1 Å². The monoisotopic (exact) mass is 394 g/mol. The molecule has 3 heterocycles. The normalized spacial score (nSPS) is 15.7. The average molecular weight is 394 g/mol. The van der Waals surface area contributed by atoms with Crippen LogP contribution in [0.15, 0.2) is 77.3 Å². The van der Waals surface area contributed by atoms with E-state index in [9.17, 15) is 0 Å². The van der Waals surface area contributed by atoms with Gasteiger partial charge in [0.15, 0.2) is 6.20 Å². The molecule has 3 nitrogen and oxygen atoms in total. The van der Waals surface area contributed by atoms with Crippen LogP contribution < -0.4 is 9.30 Å². The number of aryl methyl sites for hydroxylation is 2. The van der Waals surface area contributed by atoms with Gasteiger partial charge in [0.2, 0.25) is 5.69 Å². The predicted molar refractivity (Wildman–Crippen MR) is 120 cm³/mol. The molecular formula is C27H22NO2+. The number of pyridine rings is 1. The number of fused-ring (bicyclic) bond motifs is 4. The van der Waals surface area contributed by atoms with Crippen molar-refractivity contribution >= 4 is 21.9 Å². The summed E-state index contributed by atoms with van der Waals surface area (Å²) < 4.78 is 30.6. The molecule has 0 bridgehead atoms. The molecule has 0 saturated carbocycles. The van der Waals surface area contributed by atoms with Crippen LogP contribution in [0.25, 0.3) is 44.3 Å². The molecule has 30 heavy (non-hydrogen) atoms. The fraction of sp³-hybridized carbons (Fsp3) is 0.148. The van der Waals surface area contributed by atoms with Crippen LogP contribution in [-0.2, 0) is 13.4 Å². The van der Waals surface area contributed by atoms with Gasteiger partial charge >= 0.3 is 0 Å². The van der Waals surface area contributed by atoms with E-state index in [4.69, 9.17) is 11.9 Å². The van der Waals surface area contributed by atoms with E-state index in [1.165, 1.54) is 0 Å². The maximum Gasteiger partial charge on any atom is 0.216 e. The molecule has 3 aromatic carbocycles. The van der Waals surface area contributed by atoms with Crippen LogP contribution in [0.5, 0.6) is 5.75 Å². The lowest BCUT2D eigenvalue weighted by Gasteiger charge is -2.05. The summed E-state index contributed by atoms with van der Waals surface area (Å²) in [5, 5.41) is 2.15. The van der Waals surface area contributed by atoms with Crippen LogP contribution in [0.1, 0.15) is 13.9 Å². The van der Waals surface area contributed by atoms with E-state index in [-0.39, 0.29) is 6.61 Å². The first-order valence-electron chi connectivity index (χ1n) is 11.1. The second kappa shape index (κ2) is 6.46. The second-order valence-corrected chi connectivity index (χ2v) is 7.79. The topological polar surface area (TPSA) is 26.2 Å². The molecule has 0 amide bonds. The molecule has 0 unspecified atom stereocenters. The van der Waals surface area contributed by atoms with Crippen molar-refractivity contribution < 1.29 is 16.5 Å². The van der Waals surface area contributed by atoms with Crippen molar-refractivity contribution in [2.45, 2.75) is 13.3 Å². The quantitative estimate of drug-likeness (QED) is 0.344. The zero-order valence-corrected chi connectivity index (χ0v) is 16.9. The highest BCUT2D eigenvalue weighted by molar-refractivity contribution is 6.13. The molecule has 0 aliphatic carbocycles. The zero-order chi connectivity index (χ0) is 22.0. The maximum atomic E-state index is 8.11. The third-order valence-electron chi connectivity index (χ3n) is 5.97. The summed E-state index contributed by atoms with van der Waals surface area (Å²) in [7, 11) is 2.05. The molecule has 0 fully saturated rings. The first-order chi connectivity index (χ1) is 15.4. The van der Waals surface area contributed by atoms with Gasteiger partial charge in [-0.15, -0.1) is 0 Å². The van der Waals surface area contributed by atoms with Crippen molar-refractivity contribution in [2.75, 3.05) is 6.61 Å². The Morgan fingerprint density at radius 2 is 1.83 bits per heavy atom. The minimum Gasteiger partial charge on any atom is -0.493 e. The number of aromatic nitrogens is 1. The van der Waals surface area contributed by atoms with Crippen LogP contribution in [0.4, 0.5) is 0 Å². The lowest BCUT2D eigenvalue weighted by Crippen LogP contribution is -2.30. The van der Waals surface area contributed by atoms with Crippen molar-refractivity contribution in [2.24, 2.45) is 7.05 Å². The highest BCUT2D eigenvalue weighted by atomic mass is 16.5. The van der Waals surface area contributed by atoms with Crippen molar-refractivity contribution in [1.82, 2.24) is 0 Å². The third-order valence-corrected chi connectivity index (χ3v) is 5.97. The lowest BCUT2D eigenvalue weighted by molar-refractivity contribution is -0.660. The summed E-state index contributed by atoms with van der Waals surface area (Å²) in [6.45, 7) is 2.17. The molecule has 6 rings (SSSR count). The number of ether oxygens (including phenoxy) is 1. The van der Waals surface area contributed by atoms with E-state index in [0.29, 0.717) is 11.3 Å². The highest BCUT2D eigenvalue weighted by Gasteiger charge is 2.22. The van der Waals surface area contributed by atoms with Gasteiger partial charge in [0, 0.05) is 37.6 Å².